The SMILES string of the molecule is O=C(NCc1ccco1)c1ccc(NCc2cnc(Cl)s2)cc1. The van der Waals surface area contributed by atoms with Crippen molar-refractivity contribution in [3.63, 3.8) is 0 Å². The second kappa shape index (κ2) is 7.30. The van der Waals surface area contributed by atoms with Crippen LogP contribution in [0.2, 0.25) is 4.47 Å². The Morgan fingerprint density at radius 1 is 1.22 bits per heavy atom. The lowest BCUT2D eigenvalue weighted by Gasteiger charge is -2.07. The Bertz CT molecular complexity index is 769. The fourth-order valence-corrected chi connectivity index (χ4v) is 2.89. The van der Waals surface area contributed by atoms with Crippen LogP contribution in [0, 0.1) is 0 Å². The van der Waals surface area contributed by atoms with E-state index in [1.165, 1.54) is 11.3 Å². The van der Waals surface area contributed by atoms with Crippen molar-refractivity contribution in [2.24, 2.45) is 0 Å². The van der Waals surface area contributed by atoms with Crippen LogP contribution < -0.4 is 10.6 Å². The van der Waals surface area contributed by atoms with Crippen molar-refractivity contribution < 1.29 is 9.21 Å². The Morgan fingerprint density at radius 3 is 2.70 bits per heavy atom. The van der Waals surface area contributed by atoms with E-state index in [4.69, 9.17) is 16.0 Å². The standard InChI is InChI=1S/C16H14ClN3O2S/c17-16-20-10-14(23-16)9-18-12-5-3-11(4-6-12)15(21)19-8-13-2-1-7-22-13/h1-7,10,18H,8-9H2,(H,19,21). The molecule has 7 heteroatoms. The van der Waals surface area contributed by atoms with Crippen molar-refractivity contribution in [2.75, 3.05) is 5.32 Å². The number of aromatic nitrogens is 1. The molecule has 118 valence electrons. The molecule has 0 aliphatic carbocycles. The van der Waals surface area contributed by atoms with Gasteiger partial charge in [-0.25, -0.2) is 4.98 Å². The lowest BCUT2D eigenvalue weighted by molar-refractivity contribution is 0.0948. The number of halogens is 1. The number of furan rings is 1. The zero-order valence-corrected chi connectivity index (χ0v) is 13.7. The van der Waals surface area contributed by atoms with Gasteiger partial charge in [-0.1, -0.05) is 11.6 Å². The molecule has 2 aromatic heterocycles. The van der Waals surface area contributed by atoms with Crippen LogP contribution in [0.5, 0.6) is 0 Å². The second-order valence-corrected chi connectivity index (χ2v) is 6.47. The van der Waals surface area contributed by atoms with Crippen LogP contribution in [0.15, 0.2) is 53.3 Å². The molecule has 0 saturated heterocycles. The van der Waals surface area contributed by atoms with Gasteiger partial charge in [-0.3, -0.25) is 4.79 Å². The van der Waals surface area contributed by atoms with Gasteiger partial charge in [0.2, 0.25) is 0 Å². The lowest BCUT2D eigenvalue weighted by atomic mass is 10.2. The summed E-state index contributed by atoms with van der Waals surface area (Å²) in [5, 5.41) is 6.07. The van der Waals surface area contributed by atoms with E-state index in [1.54, 1.807) is 30.7 Å². The van der Waals surface area contributed by atoms with E-state index in [0.29, 0.717) is 23.1 Å². The minimum Gasteiger partial charge on any atom is -0.467 e. The van der Waals surface area contributed by atoms with Gasteiger partial charge in [-0.2, -0.15) is 0 Å². The average Bonchev–Trinajstić information content (AvgIpc) is 3.22. The Labute approximate surface area is 142 Å². The molecular formula is C16H14ClN3O2S. The number of hydrogen-bond acceptors (Lipinski definition) is 5. The summed E-state index contributed by atoms with van der Waals surface area (Å²) < 4.78 is 5.71. The molecule has 0 fully saturated rings. The van der Waals surface area contributed by atoms with E-state index in [2.05, 4.69) is 15.6 Å². The highest BCUT2D eigenvalue weighted by atomic mass is 35.5. The van der Waals surface area contributed by atoms with E-state index in [-0.39, 0.29) is 5.91 Å². The molecule has 23 heavy (non-hydrogen) atoms. The maximum Gasteiger partial charge on any atom is 0.251 e. The highest BCUT2D eigenvalue weighted by Crippen LogP contribution is 2.19. The minimum atomic E-state index is -0.137. The minimum absolute atomic E-state index is 0.137. The van der Waals surface area contributed by atoms with E-state index < -0.39 is 0 Å². The summed E-state index contributed by atoms with van der Waals surface area (Å²) in [4.78, 5) is 17.1. The van der Waals surface area contributed by atoms with Crippen molar-refractivity contribution >= 4 is 34.5 Å². The summed E-state index contributed by atoms with van der Waals surface area (Å²) in [6.45, 7) is 1.02. The Hall–Kier alpha value is -2.31. The van der Waals surface area contributed by atoms with Crippen LogP contribution >= 0.6 is 22.9 Å². The van der Waals surface area contributed by atoms with Gasteiger partial charge in [-0.15, -0.1) is 11.3 Å². The second-order valence-electron chi connectivity index (χ2n) is 4.77. The molecule has 3 rings (SSSR count). The fraction of sp³-hybridized carbons (Fsp3) is 0.125. The van der Waals surface area contributed by atoms with Crippen LogP contribution in [0.25, 0.3) is 0 Å². The molecule has 0 aliphatic heterocycles. The molecule has 0 spiro atoms. The molecule has 5 nitrogen and oxygen atoms in total. The molecule has 0 saturated carbocycles. The predicted octanol–water partition coefficient (Wildman–Crippen LogP) is 3.93. The Morgan fingerprint density at radius 2 is 2.04 bits per heavy atom. The van der Waals surface area contributed by atoms with Crippen molar-refractivity contribution in [3.8, 4) is 0 Å². The lowest BCUT2D eigenvalue weighted by Crippen LogP contribution is -2.22. The number of nitrogens with zero attached hydrogens (tertiary/aromatic N) is 1. The molecule has 0 unspecified atom stereocenters. The summed E-state index contributed by atoms with van der Waals surface area (Å²) in [6.07, 6.45) is 3.33. The van der Waals surface area contributed by atoms with Gasteiger partial charge < -0.3 is 15.1 Å². The first-order valence-electron chi connectivity index (χ1n) is 6.95. The summed E-state index contributed by atoms with van der Waals surface area (Å²) in [6, 6.07) is 10.9. The number of amides is 1. The smallest absolute Gasteiger partial charge is 0.251 e. The zero-order valence-electron chi connectivity index (χ0n) is 12.1. The summed E-state index contributed by atoms with van der Waals surface area (Å²) in [7, 11) is 0. The van der Waals surface area contributed by atoms with Crippen molar-refractivity contribution in [1.29, 1.82) is 0 Å². The number of anilines is 1. The van der Waals surface area contributed by atoms with Gasteiger partial charge in [0, 0.05) is 22.3 Å². The number of rotatable bonds is 6. The van der Waals surface area contributed by atoms with Crippen molar-refractivity contribution in [3.05, 3.63) is 69.5 Å². The van der Waals surface area contributed by atoms with Crippen molar-refractivity contribution in [2.45, 2.75) is 13.1 Å². The first-order chi connectivity index (χ1) is 11.2. The van der Waals surface area contributed by atoms with Gasteiger partial charge in [0.1, 0.15) is 5.76 Å². The number of thiazole rings is 1. The molecular weight excluding hydrogens is 334 g/mol. The Kier molecular flexibility index (Phi) is 4.95. The summed E-state index contributed by atoms with van der Waals surface area (Å²) in [5.74, 6) is 0.585. The molecule has 0 atom stereocenters. The maximum atomic E-state index is 12.0. The first kappa shape index (κ1) is 15.6. The van der Waals surface area contributed by atoms with Gasteiger partial charge in [-0.05, 0) is 36.4 Å². The molecule has 2 N–H and O–H groups in total. The van der Waals surface area contributed by atoms with E-state index in [0.717, 1.165) is 16.3 Å². The third kappa shape index (κ3) is 4.34. The number of benzene rings is 1. The third-order valence-electron chi connectivity index (χ3n) is 3.14. The predicted molar refractivity (Wildman–Crippen MR) is 90.8 cm³/mol. The molecule has 1 aromatic carbocycles. The van der Waals surface area contributed by atoms with Crippen molar-refractivity contribution in [1.82, 2.24) is 10.3 Å². The van der Waals surface area contributed by atoms with Crippen LogP contribution in [-0.4, -0.2) is 10.9 Å². The molecule has 3 aromatic rings. The van der Waals surface area contributed by atoms with Gasteiger partial charge in [0.25, 0.3) is 5.91 Å². The van der Waals surface area contributed by atoms with Crippen LogP contribution in [0.4, 0.5) is 5.69 Å². The normalized spacial score (nSPS) is 10.5. The van der Waals surface area contributed by atoms with Gasteiger partial charge in [0.05, 0.1) is 19.4 Å². The monoisotopic (exact) mass is 347 g/mol. The van der Waals surface area contributed by atoms with E-state index in [1.807, 2.05) is 18.2 Å². The quantitative estimate of drug-likeness (QED) is 0.709. The number of hydrogen-bond donors (Lipinski definition) is 2. The fourth-order valence-electron chi connectivity index (χ4n) is 1.98. The van der Waals surface area contributed by atoms with Gasteiger partial charge >= 0.3 is 0 Å². The topological polar surface area (TPSA) is 67.2 Å². The number of carbonyl (C=O) groups is 1. The highest BCUT2D eigenvalue weighted by molar-refractivity contribution is 7.15. The maximum absolute atomic E-state index is 12.0. The molecule has 1 amide bonds. The summed E-state index contributed by atoms with van der Waals surface area (Å²) >= 11 is 7.23. The highest BCUT2D eigenvalue weighted by Gasteiger charge is 2.06. The van der Waals surface area contributed by atoms with Crippen LogP contribution in [-0.2, 0) is 13.1 Å². The van der Waals surface area contributed by atoms with Gasteiger partial charge in [0.15, 0.2) is 4.47 Å². The molecule has 0 bridgehead atoms. The van der Waals surface area contributed by atoms with Crippen LogP contribution in [0.1, 0.15) is 21.0 Å². The number of carbonyl (C=O) groups excluding carboxylic acids is 1. The molecule has 2 heterocycles. The summed E-state index contributed by atoms with van der Waals surface area (Å²) in [5.41, 5.74) is 1.53. The molecule has 0 radical (unpaired) electrons. The van der Waals surface area contributed by atoms with E-state index in [9.17, 15) is 4.79 Å². The first-order valence-corrected chi connectivity index (χ1v) is 8.15. The molecule has 0 aliphatic rings. The third-order valence-corrected chi connectivity index (χ3v) is 4.26. The zero-order chi connectivity index (χ0) is 16.1. The Balaban J connectivity index is 1.52. The number of nitrogens with one attached hydrogen (secondary N) is 2. The largest absolute Gasteiger partial charge is 0.467 e. The van der Waals surface area contributed by atoms with Crippen LogP contribution in [0.3, 0.4) is 0 Å². The average molecular weight is 348 g/mol. The van der Waals surface area contributed by atoms with E-state index >= 15 is 0 Å².